The normalized spacial score (nSPS) is 11.0. The minimum atomic E-state index is 0.254. The van der Waals surface area contributed by atoms with Crippen LogP contribution in [0.15, 0.2) is 76.7 Å². The first-order chi connectivity index (χ1) is 11.3. The van der Waals surface area contributed by atoms with Crippen molar-refractivity contribution in [1.82, 2.24) is 15.2 Å². The summed E-state index contributed by atoms with van der Waals surface area (Å²) in [5.74, 6) is 0.254. The van der Waals surface area contributed by atoms with Gasteiger partial charge in [-0.1, -0.05) is 48.2 Å². The van der Waals surface area contributed by atoms with Gasteiger partial charge in [-0.05, 0) is 30.3 Å². The number of phenols is 1. The van der Waals surface area contributed by atoms with E-state index in [1.54, 1.807) is 12.1 Å². The van der Waals surface area contributed by atoms with E-state index < -0.39 is 0 Å². The lowest BCUT2D eigenvalue weighted by Gasteiger charge is -2.02. The average Bonchev–Trinajstić information content (AvgIpc) is 2.99. The highest BCUT2D eigenvalue weighted by atomic mass is 32.2. The Balaban J connectivity index is 1.70. The molecule has 2 aromatic carbocycles. The molecule has 4 aromatic rings. The molecule has 0 radical (unpaired) electrons. The third-order valence-electron chi connectivity index (χ3n) is 3.49. The minimum absolute atomic E-state index is 0.254. The highest BCUT2D eigenvalue weighted by Crippen LogP contribution is 2.31. The number of pyridine rings is 1. The smallest absolute Gasteiger partial charge is 0.157 e. The van der Waals surface area contributed by atoms with E-state index >= 15 is 0 Å². The highest BCUT2D eigenvalue weighted by molar-refractivity contribution is 7.99. The summed E-state index contributed by atoms with van der Waals surface area (Å²) < 4.78 is 0. The van der Waals surface area contributed by atoms with E-state index in [4.69, 9.17) is 0 Å². The summed E-state index contributed by atoms with van der Waals surface area (Å²) in [4.78, 5) is 5.55. The van der Waals surface area contributed by atoms with Gasteiger partial charge in [-0.2, -0.15) is 5.10 Å². The number of hydrogen-bond acceptors (Lipinski definition) is 4. The van der Waals surface area contributed by atoms with Gasteiger partial charge < -0.3 is 5.11 Å². The topological polar surface area (TPSA) is 61.8 Å². The maximum atomic E-state index is 9.54. The Morgan fingerprint density at radius 1 is 0.913 bits per heavy atom. The van der Waals surface area contributed by atoms with E-state index in [2.05, 4.69) is 15.2 Å². The molecule has 0 unspecified atom stereocenters. The molecule has 0 aliphatic carbocycles. The number of H-pyrrole nitrogens is 1. The molecule has 23 heavy (non-hydrogen) atoms. The molecule has 0 fully saturated rings. The number of aromatic nitrogens is 3. The molecular formula is C18H13N3OS. The van der Waals surface area contributed by atoms with Crippen molar-refractivity contribution in [1.29, 1.82) is 0 Å². The SMILES string of the molecule is Oc1cccc(Sc2ccc3c(-c4ccccc4)n[nH]c3n2)c1. The second kappa shape index (κ2) is 5.78. The van der Waals surface area contributed by atoms with Crippen LogP contribution >= 0.6 is 11.8 Å². The molecule has 112 valence electrons. The van der Waals surface area contributed by atoms with Crippen molar-refractivity contribution in [2.45, 2.75) is 9.92 Å². The molecule has 0 aliphatic heterocycles. The minimum Gasteiger partial charge on any atom is -0.508 e. The molecule has 0 bridgehead atoms. The fourth-order valence-corrected chi connectivity index (χ4v) is 3.27. The summed E-state index contributed by atoms with van der Waals surface area (Å²) >= 11 is 1.50. The molecule has 2 heterocycles. The second-order valence-electron chi connectivity index (χ2n) is 5.08. The molecule has 0 amide bonds. The fraction of sp³-hybridized carbons (Fsp3) is 0. The Morgan fingerprint density at radius 2 is 1.78 bits per heavy atom. The third kappa shape index (κ3) is 2.78. The van der Waals surface area contributed by atoms with Crippen LogP contribution < -0.4 is 0 Å². The van der Waals surface area contributed by atoms with E-state index in [9.17, 15) is 5.11 Å². The zero-order valence-corrected chi connectivity index (χ0v) is 12.9. The maximum Gasteiger partial charge on any atom is 0.157 e. The predicted molar refractivity (Wildman–Crippen MR) is 91.6 cm³/mol. The van der Waals surface area contributed by atoms with Crippen molar-refractivity contribution in [2.24, 2.45) is 0 Å². The lowest BCUT2D eigenvalue weighted by atomic mass is 10.1. The Labute approximate surface area is 137 Å². The van der Waals surface area contributed by atoms with Crippen LogP contribution in [-0.2, 0) is 0 Å². The van der Waals surface area contributed by atoms with E-state index in [0.717, 1.165) is 32.2 Å². The van der Waals surface area contributed by atoms with E-state index in [0.29, 0.717) is 0 Å². The highest BCUT2D eigenvalue weighted by Gasteiger charge is 2.10. The number of aromatic amines is 1. The molecule has 0 saturated heterocycles. The molecule has 0 saturated carbocycles. The number of hydrogen-bond donors (Lipinski definition) is 2. The number of nitrogens with one attached hydrogen (secondary N) is 1. The maximum absolute atomic E-state index is 9.54. The number of phenolic OH excluding ortho intramolecular Hbond substituents is 1. The molecule has 0 atom stereocenters. The number of nitrogens with zero attached hydrogens (tertiary/aromatic N) is 2. The molecule has 2 N–H and O–H groups in total. The zero-order chi connectivity index (χ0) is 15.6. The molecule has 5 heteroatoms. The van der Waals surface area contributed by atoms with Crippen molar-refractivity contribution in [3.8, 4) is 17.0 Å². The molecule has 4 rings (SSSR count). The molecule has 0 spiro atoms. The first kappa shape index (κ1) is 13.8. The second-order valence-corrected chi connectivity index (χ2v) is 6.18. The standard InChI is InChI=1S/C18H13N3OS/c22-13-7-4-8-14(11-13)23-16-10-9-15-17(20-21-18(15)19-16)12-5-2-1-3-6-12/h1-11,22H,(H,19,20,21). The Hall–Kier alpha value is -2.79. The number of rotatable bonds is 3. The van der Waals surface area contributed by atoms with Crippen molar-refractivity contribution >= 4 is 22.8 Å². The van der Waals surface area contributed by atoms with Crippen LogP contribution in [-0.4, -0.2) is 20.3 Å². The van der Waals surface area contributed by atoms with Gasteiger partial charge in [0.2, 0.25) is 0 Å². The van der Waals surface area contributed by atoms with Crippen molar-refractivity contribution < 1.29 is 5.11 Å². The van der Waals surface area contributed by atoms with Gasteiger partial charge in [0, 0.05) is 15.8 Å². The average molecular weight is 319 g/mol. The predicted octanol–water partition coefficient (Wildman–Crippen LogP) is 4.48. The van der Waals surface area contributed by atoms with Gasteiger partial charge in [0.05, 0.1) is 0 Å². The number of fused-ring (bicyclic) bond motifs is 1. The van der Waals surface area contributed by atoms with E-state index in [1.807, 2.05) is 54.6 Å². The van der Waals surface area contributed by atoms with E-state index in [-0.39, 0.29) is 5.75 Å². The summed E-state index contributed by atoms with van der Waals surface area (Å²) in [7, 11) is 0. The summed E-state index contributed by atoms with van der Waals surface area (Å²) in [6.07, 6.45) is 0. The van der Waals surface area contributed by atoms with Gasteiger partial charge in [0.1, 0.15) is 16.5 Å². The van der Waals surface area contributed by atoms with Gasteiger partial charge >= 0.3 is 0 Å². The first-order valence-electron chi connectivity index (χ1n) is 7.17. The lowest BCUT2D eigenvalue weighted by molar-refractivity contribution is 0.474. The Kier molecular flexibility index (Phi) is 3.48. The molecule has 4 nitrogen and oxygen atoms in total. The van der Waals surface area contributed by atoms with Crippen molar-refractivity contribution in [3.05, 3.63) is 66.7 Å². The number of benzene rings is 2. The van der Waals surface area contributed by atoms with Gasteiger partial charge in [-0.15, -0.1) is 0 Å². The largest absolute Gasteiger partial charge is 0.508 e. The first-order valence-corrected chi connectivity index (χ1v) is 7.99. The summed E-state index contributed by atoms with van der Waals surface area (Å²) in [6, 6.07) is 21.2. The van der Waals surface area contributed by atoms with Crippen LogP contribution in [0.5, 0.6) is 5.75 Å². The monoisotopic (exact) mass is 319 g/mol. The molecule has 0 aliphatic rings. The van der Waals surface area contributed by atoms with Crippen molar-refractivity contribution in [3.63, 3.8) is 0 Å². The quantitative estimate of drug-likeness (QED) is 0.584. The van der Waals surface area contributed by atoms with Gasteiger partial charge in [0.15, 0.2) is 5.65 Å². The van der Waals surface area contributed by atoms with Crippen LogP contribution in [0.25, 0.3) is 22.3 Å². The molecule has 2 aromatic heterocycles. The van der Waals surface area contributed by atoms with E-state index in [1.165, 1.54) is 11.8 Å². The Morgan fingerprint density at radius 3 is 2.61 bits per heavy atom. The number of aromatic hydroxyl groups is 1. The third-order valence-corrected chi connectivity index (χ3v) is 4.41. The van der Waals surface area contributed by atoms with Crippen LogP contribution in [0.3, 0.4) is 0 Å². The fourth-order valence-electron chi connectivity index (χ4n) is 2.43. The van der Waals surface area contributed by atoms with Crippen LogP contribution in [0.2, 0.25) is 0 Å². The molecular weight excluding hydrogens is 306 g/mol. The van der Waals surface area contributed by atoms with Gasteiger partial charge in [0.25, 0.3) is 0 Å². The zero-order valence-electron chi connectivity index (χ0n) is 12.1. The van der Waals surface area contributed by atoms with Crippen molar-refractivity contribution in [2.75, 3.05) is 0 Å². The summed E-state index contributed by atoms with van der Waals surface area (Å²) in [5, 5.41) is 18.8. The van der Waals surface area contributed by atoms with Crippen LogP contribution in [0, 0.1) is 0 Å². The summed E-state index contributed by atoms with van der Waals surface area (Å²) in [5.41, 5.74) is 2.73. The summed E-state index contributed by atoms with van der Waals surface area (Å²) in [6.45, 7) is 0. The Bertz CT molecular complexity index is 966. The van der Waals surface area contributed by atoms with Gasteiger partial charge in [-0.3, -0.25) is 5.10 Å². The lowest BCUT2D eigenvalue weighted by Crippen LogP contribution is -1.82. The van der Waals surface area contributed by atoms with Crippen LogP contribution in [0.1, 0.15) is 0 Å². The van der Waals surface area contributed by atoms with Crippen LogP contribution in [0.4, 0.5) is 0 Å². The van der Waals surface area contributed by atoms with Gasteiger partial charge in [-0.25, -0.2) is 4.98 Å².